The summed E-state index contributed by atoms with van der Waals surface area (Å²) in [7, 11) is 0. The Bertz CT molecular complexity index is 662. The highest BCUT2D eigenvalue weighted by Crippen LogP contribution is 2.17. The van der Waals surface area contributed by atoms with E-state index in [-0.39, 0.29) is 17.8 Å². The second-order valence-corrected chi connectivity index (χ2v) is 5.08. The van der Waals surface area contributed by atoms with Crippen molar-refractivity contribution in [3.63, 3.8) is 0 Å². The number of halogens is 3. The van der Waals surface area contributed by atoms with Gasteiger partial charge in [0.1, 0.15) is 0 Å². The van der Waals surface area contributed by atoms with E-state index in [4.69, 9.17) is 5.73 Å². The Morgan fingerprint density at radius 3 is 2.60 bits per heavy atom. The van der Waals surface area contributed by atoms with E-state index in [1.165, 1.54) is 0 Å². The van der Waals surface area contributed by atoms with Crippen LogP contribution in [0.15, 0.2) is 40.9 Å². The minimum atomic E-state index is -1.10. The van der Waals surface area contributed by atoms with Gasteiger partial charge in [-0.2, -0.15) is 0 Å². The molecular weight excluding hydrogens is 330 g/mol. The van der Waals surface area contributed by atoms with E-state index in [1.54, 1.807) is 0 Å². The zero-order valence-corrected chi connectivity index (χ0v) is 11.9. The summed E-state index contributed by atoms with van der Waals surface area (Å²) in [5, 5.41) is 2.60. The molecule has 0 unspecified atom stereocenters. The lowest BCUT2D eigenvalue weighted by atomic mass is 10.1. The maximum Gasteiger partial charge on any atom is 0.253 e. The Hall–Kier alpha value is -1.95. The lowest BCUT2D eigenvalue weighted by molar-refractivity contribution is 0.0951. The van der Waals surface area contributed by atoms with Crippen molar-refractivity contribution in [1.82, 2.24) is 5.32 Å². The van der Waals surface area contributed by atoms with Gasteiger partial charge in [0.25, 0.3) is 5.91 Å². The second kappa shape index (κ2) is 6.00. The molecule has 0 saturated heterocycles. The Balaban J connectivity index is 2.11. The third-order valence-electron chi connectivity index (χ3n) is 2.68. The average molecular weight is 341 g/mol. The average Bonchev–Trinajstić information content (AvgIpc) is 2.40. The van der Waals surface area contributed by atoms with Crippen molar-refractivity contribution in [2.75, 3.05) is 5.73 Å². The molecule has 3 nitrogen and oxygen atoms in total. The molecule has 2 aromatic rings. The number of carbonyl (C=O) groups excluding carboxylic acids is 1. The fourth-order valence-corrected chi connectivity index (χ4v) is 2.13. The molecule has 0 saturated carbocycles. The molecule has 3 N–H and O–H groups in total. The Morgan fingerprint density at radius 1 is 1.20 bits per heavy atom. The van der Waals surface area contributed by atoms with Crippen molar-refractivity contribution >= 4 is 27.5 Å². The zero-order valence-electron chi connectivity index (χ0n) is 10.3. The van der Waals surface area contributed by atoms with Gasteiger partial charge in [-0.25, -0.2) is 8.78 Å². The molecule has 0 aromatic heterocycles. The topological polar surface area (TPSA) is 55.1 Å². The molecule has 0 heterocycles. The van der Waals surface area contributed by atoms with E-state index in [2.05, 4.69) is 21.2 Å². The third-order valence-corrected chi connectivity index (χ3v) is 3.17. The number of hydrogen-bond acceptors (Lipinski definition) is 2. The molecule has 0 atom stereocenters. The van der Waals surface area contributed by atoms with E-state index >= 15 is 0 Å². The first-order valence-corrected chi connectivity index (χ1v) is 6.54. The third kappa shape index (κ3) is 3.33. The standard InChI is InChI=1S/C14H11BrF2N2O/c15-9-3-1-2-8(4-9)7-19-14(20)10-5-11(16)12(17)6-13(10)18/h1-6H,7,18H2,(H,19,20). The van der Waals surface area contributed by atoms with Gasteiger partial charge in [-0.05, 0) is 23.8 Å². The highest BCUT2D eigenvalue weighted by atomic mass is 79.9. The predicted molar refractivity (Wildman–Crippen MR) is 76.1 cm³/mol. The molecule has 2 rings (SSSR count). The summed E-state index contributed by atoms with van der Waals surface area (Å²) in [6, 6.07) is 8.95. The van der Waals surface area contributed by atoms with Crippen LogP contribution in [0.1, 0.15) is 15.9 Å². The number of anilines is 1. The molecule has 1 amide bonds. The van der Waals surface area contributed by atoms with Gasteiger partial charge in [-0.3, -0.25) is 4.79 Å². The lowest BCUT2D eigenvalue weighted by Crippen LogP contribution is -2.24. The fraction of sp³-hybridized carbons (Fsp3) is 0.0714. The molecule has 20 heavy (non-hydrogen) atoms. The Kier molecular flexibility index (Phi) is 4.34. The molecule has 104 valence electrons. The Morgan fingerprint density at radius 2 is 1.90 bits per heavy atom. The SMILES string of the molecule is Nc1cc(F)c(F)cc1C(=O)NCc1cccc(Br)c1. The van der Waals surface area contributed by atoms with Crippen molar-refractivity contribution in [3.8, 4) is 0 Å². The Labute approximate surface area is 122 Å². The van der Waals surface area contributed by atoms with Crippen molar-refractivity contribution in [1.29, 1.82) is 0 Å². The molecule has 0 aliphatic carbocycles. The summed E-state index contributed by atoms with van der Waals surface area (Å²) in [5.41, 5.74) is 6.19. The quantitative estimate of drug-likeness (QED) is 0.842. The highest BCUT2D eigenvalue weighted by Gasteiger charge is 2.14. The normalized spacial score (nSPS) is 10.3. The van der Waals surface area contributed by atoms with Crippen LogP contribution in [0.2, 0.25) is 0 Å². The van der Waals surface area contributed by atoms with Crippen LogP contribution >= 0.6 is 15.9 Å². The second-order valence-electron chi connectivity index (χ2n) is 4.17. The first-order chi connectivity index (χ1) is 9.47. The number of amides is 1. The van der Waals surface area contributed by atoms with Gasteiger partial charge < -0.3 is 11.1 Å². The van der Waals surface area contributed by atoms with Crippen LogP contribution in [0.4, 0.5) is 14.5 Å². The van der Waals surface area contributed by atoms with Crippen LogP contribution < -0.4 is 11.1 Å². The van der Waals surface area contributed by atoms with Crippen LogP contribution in [0, 0.1) is 11.6 Å². The molecule has 0 fully saturated rings. The van der Waals surface area contributed by atoms with Gasteiger partial charge in [0.2, 0.25) is 0 Å². The largest absolute Gasteiger partial charge is 0.398 e. The van der Waals surface area contributed by atoms with Gasteiger partial charge in [0, 0.05) is 22.8 Å². The number of nitrogen functional groups attached to an aromatic ring is 1. The number of carbonyl (C=O) groups is 1. The van der Waals surface area contributed by atoms with Crippen LogP contribution in [0.5, 0.6) is 0 Å². The van der Waals surface area contributed by atoms with E-state index in [1.807, 2.05) is 24.3 Å². The number of nitrogens with two attached hydrogens (primary N) is 1. The van der Waals surface area contributed by atoms with Crippen LogP contribution in [-0.2, 0) is 6.54 Å². The molecule has 0 radical (unpaired) electrons. The van der Waals surface area contributed by atoms with Crippen molar-refractivity contribution in [3.05, 3.63) is 63.6 Å². The number of benzene rings is 2. The number of rotatable bonds is 3. The molecule has 0 aliphatic rings. The minimum Gasteiger partial charge on any atom is -0.398 e. The van der Waals surface area contributed by atoms with Gasteiger partial charge in [-0.15, -0.1) is 0 Å². The van der Waals surface area contributed by atoms with E-state index < -0.39 is 17.5 Å². The van der Waals surface area contributed by atoms with Crippen molar-refractivity contribution in [2.24, 2.45) is 0 Å². The molecule has 2 aromatic carbocycles. The number of hydrogen-bond donors (Lipinski definition) is 2. The zero-order chi connectivity index (χ0) is 14.7. The van der Waals surface area contributed by atoms with E-state index in [0.29, 0.717) is 0 Å². The van der Waals surface area contributed by atoms with E-state index in [9.17, 15) is 13.6 Å². The molecule has 6 heteroatoms. The van der Waals surface area contributed by atoms with Gasteiger partial charge in [0.05, 0.1) is 5.56 Å². The summed E-state index contributed by atoms with van der Waals surface area (Å²) >= 11 is 3.32. The molecule has 0 spiro atoms. The van der Waals surface area contributed by atoms with Gasteiger partial charge >= 0.3 is 0 Å². The molecular formula is C14H11BrF2N2O. The maximum atomic E-state index is 13.1. The predicted octanol–water partition coefficient (Wildman–Crippen LogP) is 3.24. The first kappa shape index (κ1) is 14.5. The fourth-order valence-electron chi connectivity index (χ4n) is 1.68. The van der Waals surface area contributed by atoms with Crippen molar-refractivity contribution < 1.29 is 13.6 Å². The summed E-state index contributed by atoms with van der Waals surface area (Å²) in [6.45, 7) is 0.261. The van der Waals surface area contributed by atoms with Gasteiger partial charge in [0.15, 0.2) is 11.6 Å². The van der Waals surface area contributed by atoms with Crippen molar-refractivity contribution in [2.45, 2.75) is 6.54 Å². The number of nitrogens with one attached hydrogen (secondary N) is 1. The summed E-state index contributed by atoms with van der Waals surface area (Å²) in [4.78, 5) is 11.9. The van der Waals surface area contributed by atoms with Crippen LogP contribution in [0.3, 0.4) is 0 Å². The van der Waals surface area contributed by atoms with Crippen LogP contribution in [0.25, 0.3) is 0 Å². The van der Waals surface area contributed by atoms with Gasteiger partial charge in [-0.1, -0.05) is 28.1 Å². The summed E-state index contributed by atoms with van der Waals surface area (Å²) in [5.74, 6) is -2.74. The summed E-state index contributed by atoms with van der Waals surface area (Å²) in [6.07, 6.45) is 0. The smallest absolute Gasteiger partial charge is 0.253 e. The summed E-state index contributed by atoms with van der Waals surface area (Å²) < 4.78 is 26.9. The monoisotopic (exact) mass is 340 g/mol. The molecule has 0 aliphatic heterocycles. The highest BCUT2D eigenvalue weighted by molar-refractivity contribution is 9.10. The van der Waals surface area contributed by atoms with Crippen LogP contribution in [-0.4, -0.2) is 5.91 Å². The molecule has 0 bridgehead atoms. The lowest BCUT2D eigenvalue weighted by Gasteiger charge is -2.08. The van der Waals surface area contributed by atoms with E-state index in [0.717, 1.165) is 22.2 Å². The first-order valence-electron chi connectivity index (χ1n) is 5.74. The minimum absolute atomic E-state index is 0.0844. The maximum absolute atomic E-state index is 13.1.